The number of hydrogen-bond acceptors (Lipinski definition) is 6. The van der Waals surface area contributed by atoms with E-state index in [0.29, 0.717) is 29.2 Å². The number of aromatic nitrogens is 2. The topological polar surface area (TPSA) is 126 Å². The Balaban J connectivity index is 1.52. The van der Waals surface area contributed by atoms with Crippen molar-refractivity contribution in [3.05, 3.63) is 75.7 Å². The van der Waals surface area contributed by atoms with Crippen molar-refractivity contribution in [1.29, 1.82) is 0 Å². The smallest absolute Gasteiger partial charge is 0.308 e. The fourth-order valence-electron chi connectivity index (χ4n) is 3.83. The Morgan fingerprint density at radius 2 is 1.85 bits per heavy atom. The minimum Gasteiger partial charge on any atom is -0.469 e. The van der Waals surface area contributed by atoms with E-state index in [0.717, 1.165) is 11.3 Å². The average molecular weight is 463 g/mol. The number of methoxy groups -OCH3 is 1. The Hall–Kier alpha value is -4.34. The van der Waals surface area contributed by atoms with Crippen molar-refractivity contribution < 1.29 is 19.1 Å². The van der Waals surface area contributed by atoms with Crippen LogP contribution in [-0.4, -0.2) is 52.7 Å². The number of aryl methyl sites for hydroxylation is 1. The Morgan fingerprint density at radius 1 is 1.12 bits per heavy atom. The molecule has 0 spiro atoms. The maximum Gasteiger partial charge on any atom is 0.308 e. The number of hydrogen-bond donors (Lipinski definition) is 3. The number of rotatable bonds is 5. The Labute approximate surface area is 195 Å². The van der Waals surface area contributed by atoms with E-state index in [1.165, 1.54) is 17.9 Å². The summed E-state index contributed by atoms with van der Waals surface area (Å²) in [5.74, 6) is -1.04. The molecule has 0 bridgehead atoms. The number of likely N-dealkylation sites (N-methyl/N-ethyl adjacent to an activating group) is 1. The van der Waals surface area contributed by atoms with Crippen molar-refractivity contribution in [3.63, 3.8) is 0 Å². The molecule has 34 heavy (non-hydrogen) atoms. The second-order valence-corrected chi connectivity index (χ2v) is 8.16. The molecular weight excluding hydrogens is 438 g/mol. The first kappa shape index (κ1) is 22.8. The van der Waals surface area contributed by atoms with Crippen molar-refractivity contribution in [2.75, 3.05) is 24.8 Å². The fourth-order valence-corrected chi connectivity index (χ4v) is 3.83. The molecule has 1 unspecified atom stereocenters. The quantitative estimate of drug-likeness (QED) is 0.497. The van der Waals surface area contributed by atoms with Gasteiger partial charge in [-0.05, 0) is 48.9 Å². The first-order chi connectivity index (χ1) is 16.2. The molecule has 1 atom stereocenters. The zero-order valence-corrected chi connectivity index (χ0v) is 19.0. The summed E-state index contributed by atoms with van der Waals surface area (Å²) in [5.41, 5.74) is 3.65. The number of anilines is 2. The zero-order chi connectivity index (χ0) is 24.4. The molecule has 0 aliphatic carbocycles. The normalized spacial score (nSPS) is 15.2. The molecule has 0 radical (unpaired) electrons. The van der Waals surface area contributed by atoms with Gasteiger partial charge >= 0.3 is 5.97 Å². The van der Waals surface area contributed by atoms with Gasteiger partial charge in [0.15, 0.2) is 0 Å². The minimum atomic E-state index is -0.766. The zero-order valence-electron chi connectivity index (χ0n) is 19.0. The van der Waals surface area contributed by atoms with Gasteiger partial charge in [-0.25, -0.2) is 4.68 Å². The van der Waals surface area contributed by atoms with Gasteiger partial charge < -0.3 is 20.3 Å². The lowest BCUT2D eigenvalue weighted by atomic mass is 10.1. The van der Waals surface area contributed by atoms with Crippen LogP contribution in [0.2, 0.25) is 0 Å². The summed E-state index contributed by atoms with van der Waals surface area (Å²) < 4.78 is 6.11. The highest BCUT2D eigenvalue weighted by molar-refractivity contribution is 6.04. The van der Waals surface area contributed by atoms with Gasteiger partial charge in [-0.15, -0.1) is 0 Å². The van der Waals surface area contributed by atoms with Crippen molar-refractivity contribution in [2.24, 2.45) is 0 Å². The Kier molecular flexibility index (Phi) is 6.22. The molecule has 10 heteroatoms. The average Bonchev–Trinajstić information content (AvgIpc) is 3.11. The van der Waals surface area contributed by atoms with Crippen molar-refractivity contribution in [2.45, 2.75) is 25.9 Å². The third-order valence-electron chi connectivity index (χ3n) is 5.61. The van der Waals surface area contributed by atoms with E-state index in [1.54, 1.807) is 55.3 Å². The van der Waals surface area contributed by atoms with Crippen LogP contribution in [0.3, 0.4) is 0 Å². The standard InChI is InChI=1S/C24H25N5O5/c1-14-10-21(30)29(27-14)18-8-5-15(6-9-18)23(32)25-17-7-4-16-13-28(2)24(33)20(12-22(31)34-3)26-19(16)11-17/h4-11,20,26-27H,12-13H2,1-3H3,(H,25,32). The summed E-state index contributed by atoms with van der Waals surface area (Å²) >= 11 is 0. The van der Waals surface area contributed by atoms with Crippen molar-refractivity contribution in [3.8, 4) is 5.69 Å². The number of carbonyl (C=O) groups excluding carboxylic acids is 3. The first-order valence-corrected chi connectivity index (χ1v) is 10.7. The van der Waals surface area contributed by atoms with Crippen LogP contribution >= 0.6 is 0 Å². The largest absolute Gasteiger partial charge is 0.469 e. The maximum absolute atomic E-state index is 12.8. The number of carbonyl (C=O) groups is 3. The molecule has 176 valence electrons. The summed E-state index contributed by atoms with van der Waals surface area (Å²) in [5, 5.41) is 8.91. The van der Waals surface area contributed by atoms with Gasteiger partial charge in [-0.1, -0.05) is 6.07 Å². The van der Waals surface area contributed by atoms with E-state index in [4.69, 9.17) is 4.74 Å². The summed E-state index contributed by atoms with van der Waals surface area (Å²) in [7, 11) is 2.95. The van der Waals surface area contributed by atoms with Crippen LogP contribution in [0, 0.1) is 6.92 Å². The van der Waals surface area contributed by atoms with Crippen molar-refractivity contribution >= 4 is 29.2 Å². The number of amides is 2. The van der Waals surface area contributed by atoms with Crippen molar-refractivity contribution in [1.82, 2.24) is 14.7 Å². The van der Waals surface area contributed by atoms with Crippen LogP contribution in [-0.2, 0) is 20.9 Å². The lowest BCUT2D eigenvalue weighted by Crippen LogP contribution is -2.39. The van der Waals surface area contributed by atoms with Gasteiger partial charge in [0, 0.05) is 42.3 Å². The number of benzene rings is 2. The first-order valence-electron chi connectivity index (χ1n) is 10.7. The summed E-state index contributed by atoms with van der Waals surface area (Å²) in [6.45, 7) is 2.16. The monoisotopic (exact) mass is 463 g/mol. The predicted molar refractivity (Wildman–Crippen MR) is 126 cm³/mol. The Bertz CT molecular complexity index is 1310. The second kappa shape index (κ2) is 9.26. The van der Waals surface area contributed by atoms with Gasteiger partial charge in [0.1, 0.15) is 6.04 Å². The highest BCUT2D eigenvalue weighted by atomic mass is 16.5. The van der Waals surface area contributed by atoms with Gasteiger partial charge in [0.05, 0.1) is 19.2 Å². The van der Waals surface area contributed by atoms with E-state index in [2.05, 4.69) is 15.7 Å². The molecule has 1 aliphatic heterocycles. The van der Waals surface area contributed by atoms with Crippen LogP contribution < -0.4 is 16.2 Å². The fraction of sp³-hybridized carbons (Fsp3) is 0.250. The number of ether oxygens (including phenoxy) is 1. The molecule has 2 aromatic carbocycles. The van der Waals surface area contributed by atoms with Gasteiger partial charge in [-0.2, -0.15) is 0 Å². The molecule has 1 aromatic heterocycles. The molecule has 10 nitrogen and oxygen atoms in total. The van der Waals surface area contributed by atoms with Gasteiger partial charge in [0.25, 0.3) is 11.5 Å². The molecule has 3 N–H and O–H groups in total. The number of aromatic amines is 1. The number of nitrogens with one attached hydrogen (secondary N) is 3. The minimum absolute atomic E-state index is 0.106. The van der Waals surface area contributed by atoms with E-state index in [9.17, 15) is 19.2 Å². The second-order valence-electron chi connectivity index (χ2n) is 8.16. The predicted octanol–water partition coefficient (Wildman–Crippen LogP) is 2.04. The van der Waals surface area contributed by atoms with Crippen LogP contribution in [0.25, 0.3) is 5.69 Å². The molecule has 4 rings (SSSR count). The molecule has 0 saturated heterocycles. The lowest BCUT2D eigenvalue weighted by molar-refractivity contribution is -0.143. The molecular formula is C24H25N5O5. The molecule has 3 aromatic rings. The molecule has 2 heterocycles. The van der Waals surface area contributed by atoms with Crippen LogP contribution in [0.4, 0.5) is 11.4 Å². The summed E-state index contributed by atoms with van der Waals surface area (Å²) in [4.78, 5) is 50.7. The third kappa shape index (κ3) is 4.70. The Morgan fingerprint density at radius 3 is 2.50 bits per heavy atom. The van der Waals surface area contributed by atoms with E-state index < -0.39 is 12.0 Å². The summed E-state index contributed by atoms with van der Waals surface area (Å²) in [6.07, 6.45) is -0.106. The highest BCUT2D eigenvalue weighted by Crippen LogP contribution is 2.27. The van der Waals surface area contributed by atoms with E-state index in [1.807, 2.05) is 6.07 Å². The summed E-state index contributed by atoms with van der Waals surface area (Å²) in [6, 6.07) is 12.7. The number of nitrogens with zero attached hydrogens (tertiary/aromatic N) is 2. The molecule has 2 amide bonds. The van der Waals surface area contributed by atoms with E-state index in [-0.39, 0.29) is 23.8 Å². The molecule has 0 fully saturated rings. The molecule has 0 saturated carbocycles. The SMILES string of the molecule is COC(=O)CC1Nc2cc(NC(=O)c3ccc(-n4[nH]c(C)cc4=O)cc3)ccc2CN(C)C1=O. The van der Waals surface area contributed by atoms with Crippen LogP contribution in [0.5, 0.6) is 0 Å². The van der Waals surface area contributed by atoms with Crippen LogP contribution in [0.15, 0.2) is 53.3 Å². The molecule has 1 aliphatic rings. The van der Waals surface area contributed by atoms with Crippen LogP contribution in [0.1, 0.15) is 28.0 Å². The number of esters is 1. The maximum atomic E-state index is 12.8. The number of fused-ring (bicyclic) bond motifs is 1. The lowest BCUT2D eigenvalue weighted by Gasteiger charge is -2.19. The van der Waals surface area contributed by atoms with Gasteiger partial charge in [-0.3, -0.25) is 24.3 Å². The number of H-pyrrole nitrogens is 1. The highest BCUT2D eigenvalue weighted by Gasteiger charge is 2.29. The third-order valence-corrected chi connectivity index (χ3v) is 5.61. The van der Waals surface area contributed by atoms with E-state index >= 15 is 0 Å². The van der Waals surface area contributed by atoms with Gasteiger partial charge in [0.2, 0.25) is 5.91 Å².